The summed E-state index contributed by atoms with van der Waals surface area (Å²) in [6.07, 6.45) is 0.698. The molecule has 0 bridgehead atoms. The van der Waals surface area contributed by atoms with E-state index < -0.39 is 26.8 Å². The molecule has 0 amide bonds. The van der Waals surface area contributed by atoms with E-state index in [2.05, 4.69) is 10.2 Å². The molecule has 1 aromatic heterocycles. The van der Waals surface area contributed by atoms with Crippen molar-refractivity contribution < 1.29 is 27.3 Å². The highest BCUT2D eigenvalue weighted by molar-refractivity contribution is 7.89. The Morgan fingerprint density at radius 2 is 1.76 bits per heavy atom. The Labute approximate surface area is 195 Å². The predicted molar refractivity (Wildman–Crippen MR) is 119 cm³/mol. The van der Waals surface area contributed by atoms with E-state index in [0.29, 0.717) is 18.4 Å². The smallest absolute Gasteiger partial charge is 0.309 e. The number of hydrogen-bond donors (Lipinski definition) is 0. The molecule has 2 aromatic carbocycles. The molecule has 0 saturated carbocycles. The summed E-state index contributed by atoms with van der Waals surface area (Å²) in [4.78, 5) is 22.9. The number of rotatable bonds is 7. The second-order valence-electron chi connectivity index (χ2n) is 7.90. The van der Waals surface area contributed by atoms with E-state index in [9.17, 15) is 23.3 Å². The molecule has 178 valence electrons. The number of ether oxygens (including phenoxy) is 1. The zero-order chi connectivity index (χ0) is 24.3. The van der Waals surface area contributed by atoms with Crippen LogP contribution >= 0.6 is 0 Å². The summed E-state index contributed by atoms with van der Waals surface area (Å²) in [6.45, 7) is 2.11. The Hall–Kier alpha value is -3.64. The first-order valence-electron chi connectivity index (χ1n) is 10.5. The average Bonchev–Trinajstić information content (AvgIpc) is 3.32. The third kappa shape index (κ3) is 5.13. The van der Waals surface area contributed by atoms with Crippen molar-refractivity contribution in [2.24, 2.45) is 5.92 Å². The van der Waals surface area contributed by atoms with Crippen LogP contribution < -0.4 is 0 Å². The standard InChI is InChI=1S/C22H22N4O7S/c1-15-2-8-19(9-3-15)34(30,31)25-12-10-17(11-13-25)22(27)32-14-20-23-24-21(33-20)16-4-6-18(7-5-16)26(28)29/h2-9,17H,10-14H2,1H3. The van der Waals surface area contributed by atoms with Crippen molar-refractivity contribution >= 4 is 21.7 Å². The van der Waals surface area contributed by atoms with E-state index in [0.717, 1.165) is 5.56 Å². The molecule has 0 atom stereocenters. The molecule has 4 rings (SSSR count). The Morgan fingerprint density at radius 3 is 2.38 bits per heavy atom. The number of nitrogens with zero attached hydrogens (tertiary/aromatic N) is 4. The van der Waals surface area contributed by atoms with Crippen LogP contribution in [0.5, 0.6) is 0 Å². The van der Waals surface area contributed by atoms with Crippen molar-refractivity contribution in [2.75, 3.05) is 13.1 Å². The topological polar surface area (TPSA) is 146 Å². The first kappa shape index (κ1) is 23.5. The molecule has 0 spiro atoms. The largest absolute Gasteiger partial charge is 0.455 e. The lowest BCUT2D eigenvalue weighted by atomic mass is 9.98. The predicted octanol–water partition coefficient (Wildman–Crippen LogP) is 3.10. The van der Waals surface area contributed by atoms with Gasteiger partial charge in [0.2, 0.25) is 15.9 Å². The summed E-state index contributed by atoms with van der Waals surface area (Å²) in [7, 11) is -3.60. The van der Waals surface area contributed by atoms with Crippen LogP contribution in [0.15, 0.2) is 57.8 Å². The summed E-state index contributed by atoms with van der Waals surface area (Å²) >= 11 is 0. The van der Waals surface area contributed by atoms with Gasteiger partial charge in [-0.2, -0.15) is 4.31 Å². The number of nitro benzene ring substituents is 1. The normalized spacial score (nSPS) is 15.2. The van der Waals surface area contributed by atoms with Crippen molar-refractivity contribution in [1.82, 2.24) is 14.5 Å². The number of esters is 1. The summed E-state index contributed by atoms with van der Waals surface area (Å²) in [5.74, 6) is -0.652. The number of carbonyl (C=O) groups excluding carboxylic acids is 1. The number of hydrogen-bond acceptors (Lipinski definition) is 9. The van der Waals surface area contributed by atoms with Crippen molar-refractivity contribution in [3.63, 3.8) is 0 Å². The molecule has 0 aliphatic carbocycles. The first-order valence-corrected chi connectivity index (χ1v) is 12.0. The van der Waals surface area contributed by atoms with Crippen LogP contribution in [0.1, 0.15) is 24.3 Å². The molecular weight excluding hydrogens is 464 g/mol. The highest BCUT2D eigenvalue weighted by Crippen LogP contribution is 2.26. The second-order valence-corrected chi connectivity index (χ2v) is 9.84. The maximum atomic E-state index is 12.8. The SMILES string of the molecule is Cc1ccc(S(=O)(=O)N2CCC(C(=O)OCc3nnc(-c4ccc([N+](=O)[O-])cc4)o3)CC2)cc1. The van der Waals surface area contributed by atoms with E-state index in [4.69, 9.17) is 9.15 Å². The lowest BCUT2D eigenvalue weighted by molar-refractivity contribution is -0.384. The lowest BCUT2D eigenvalue weighted by Crippen LogP contribution is -2.40. The van der Waals surface area contributed by atoms with Gasteiger partial charge in [0.05, 0.1) is 15.7 Å². The molecule has 0 unspecified atom stereocenters. The molecule has 0 N–H and O–H groups in total. The fourth-order valence-corrected chi connectivity index (χ4v) is 5.07. The maximum absolute atomic E-state index is 12.8. The van der Waals surface area contributed by atoms with Crippen LogP contribution in [-0.4, -0.2) is 46.9 Å². The van der Waals surface area contributed by atoms with Crippen molar-refractivity contribution in [2.45, 2.75) is 31.3 Å². The Balaban J connectivity index is 1.29. The molecule has 0 radical (unpaired) electrons. The van der Waals surface area contributed by atoms with Gasteiger partial charge in [-0.3, -0.25) is 14.9 Å². The van der Waals surface area contributed by atoms with Gasteiger partial charge in [-0.1, -0.05) is 17.7 Å². The maximum Gasteiger partial charge on any atom is 0.309 e. The van der Waals surface area contributed by atoms with E-state index in [1.54, 1.807) is 24.3 Å². The van der Waals surface area contributed by atoms with Crippen LogP contribution in [0.25, 0.3) is 11.5 Å². The number of aromatic nitrogens is 2. The van der Waals surface area contributed by atoms with Gasteiger partial charge in [0, 0.05) is 30.8 Å². The van der Waals surface area contributed by atoms with Crippen molar-refractivity contribution in [1.29, 1.82) is 0 Å². The van der Waals surface area contributed by atoms with Crippen molar-refractivity contribution in [3.8, 4) is 11.5 Å². The number of benzene rings is 2. The second kappa shape index (κ2) is 9.69. The number of non-ortho nitro benzene ring substituents is 1. The van der Waals surface area contributed by atoms with Gasteiger partial charge in [0.1, 0.15) is 0 Å². The fourth-order valence-electron chi connectivity index (χ4n) is 3.60. The number of sulfonamides is 1. The number of aryl methyl sites for hydroxylation is 1. The van der Waals surface area contributed by atoms with Crippen LogP contribution in [-0.2, 0) is 26.2 Å². The van der Waals surface area contributed by atoms with Crippen LogP contribution in [0, 0.1) is 23.0 Å². The van der Waals surface area contributed by atoms with E-state index in [1.807, 2.05) is 6.92 Å². The fraction of sp³-hybridized carbons (Fsp3) is 0.318. The van der Waals surface area contributed by atoms with E-state index >= 15 is 0 Å². The minimum atomic E-state index is -3.60. The third-order valence-corrected chi connectivity index (χ3v) is 7.49. The zero-order valence-corrected chi connectivity index (χ0v) is 19.1. The average molecular weight is 487 g/mol. The Kier molecular flexibility index (Phi) is 6.70. The summed E-state index contributed by atoms with van der Waals surface area (Å²) < 4.78 is 37.8. The van der Waals surface area contributed by atoms with Crippen LogP contribution in [0.4, 0.5) is 5.69 Å². The minimum Gasteiger partial charge on any atom is -0.455 e. The minimum absolute atomic E-state index is 0.0601. The van der Waals surface area contributed by atoms with Gasteiger partial charge >= 0.3 is 5.97 Å². The van der Waals surface area contributed by atoms with Gasteiger partial charge < -0.3 is 9.15 Å². The molecule has 3 aromatic rings. The third-order valence-electron chi connectivity index (χ3n) is 5.58. The molecule has 1 fully saturated rings. The van der Waals surface area contributed by atoms with E-state index in [-0.39, 0.29) is 42.1 Å². The zero-order valence-electron chi connectivity index (χ0n) is 18.3. The molecule has 1 aliphatic heterocycles. The summed E-state index contributed by atoms with van der Waals surface area (Å²) in [6, 6.07) is 12.3. The first-order chi connectivity index (χ1) is 16.2. The molecule has 2 heterocycles. The monoisotopic (exact) mass is 486 g/mol. The van der Waals surface area contributed by atoms with Gasteiger partial charge in [-0.25, -0.2) is 8.42 Å². The highest BCUT2D eigenvalue weighted by Gasteiger charge is 2.33. The van der Waals surface area contributed by atoms with Gasteiger partial charge in [0.25, 0.3) is 11.6 Å². The van der Waals surface area contributed by atoms with Gasteiger partial charge in [-0.05, 0) is 44.0 Å². The summed E-state index contributed by atoms with van der Waals surface area (Å²) in [5, 5.41) is 18.5. The molecular formula is C22H22N4O7S. The Morgan fingerprint density at radius 1 is 1.12 bits per heavy atom. The number of piperidine rings is 1. The van der Waals surface area contributed by atoms with Crippen LogP contribution in [0.2, 0.25) is 0 Å². The van der Waals surface area contributed by atoms with E-state index in [1.165, 1.54) is 28.6 Å². The molecule has 1 aliphatic rings. The molecule has 34 heavy (non-hydrogen) atoms. The molecule has 11 nitrogen and oxygen atoms in total. The van der Waals surface area contributed by atoms with Crippen LogP contribution in [0.3, 0.4) is 0 Å². The quantitative estimate of drug-likeness (QED) is 0.279. The molecule has 1 saturated heterocycles. The number of carbonyl (C=O) groups is 1. The lowest BCUT2D eigenvalue weighted by Gasteiger charge is -2.30. The van der Waals surface area contributed by atoms with Crippen molar-refractivity contribution in [3.05, 3.63) is 70.1 Å². The highest BCUT2D eigenvalue weighted by atomic mass is 32.2. The van der Waals surface area contributed by atoms with Gasteiger partial charge in [-0.15, -0.1) is 10.2 Å². The summed E-state index contributed by atoms with van der Waals surface area (Å²) in [5.41, 5.74) is 1.41. The molecule has 12 heteroatoms. The van der Waals surface area contributed by atoms with Gasteiger partial charge in [0.15, 0.2) is 6.61 Å². The Bertz CT molecular complexity index is 1280. The number of nitro groups is 1.